The molecule has 6 rings (SSSR count). The number of amides is 1. The Hall–Kier alpha value is -4.96. The summed E-state index contributed by atoms with van der Waals surface area (Å²) in [4.78, 5) is 23.5. The maximum Gasteiger partial charge on any atom is 0.264 e. The number of fused-ring (bicyclic) bond motifs is 1. The molecule has 4 aromatic rings. The Balaban J connectivity index is 1.30. The fourth-order valence-corrected chi connectivity index (χ4v) is 5.66. The molecule has 0 spiro atoms. The summed E-state index contributed by atoms with van der Waals surface area (Å²) in [6.07, 6.45) is 5.87. The van der Waals surface area contributed by atoms with Crippen LogP contribution >= 0.6 is 0 Å². The minimum atomic E-state index is -1.19. The van der Waals surface area contributed by atoms with E-state index in [0.717, 1.165) is 25.0 Å². The quantitative estimate of drug-likeness (QED) is 0.231. The summed E-state index contributed by atoms with van der Waals surface area (Å²) in [6, 6.07) is 9.06. The van der Waals surface area contributed by atoms with Crippen molar-refractivity contribution >= 4 is 22.8 Å². The maximum absolute atomic E-state index is 15.5. The minimum absolute atomic E-state index is 0.0488. The Bertz CT molecular complexity index is 1800. The molecule has 4 heterocycles. The van der Waals surface area contributed by atoms with Crippen molar-refractivity contribution in [1.29, 1.82) is 5.26 Å². The average Bonchev–Trinajstić information content (AvgIpc) is 3.43. The Morgan fingerprint density at radius 3 is 2.70 bits per heavy atom. The van der Waals surface area contributed by atoms with Crippen LogP contribution in [-0.4, -0.2) is 56.9 Å². The van der Waals surface area contributed by atoms with Gasteiger partial charge in [-0.25, -0.2) is 23.4 Å². The van der Waals surface area contributed by atoms with E-state index in [1.165, 1.54) is 30.6 Å². The van der Waals surface area contributed by atoms with Gasteiger partial charge in [-0.2, -0.15) is 14.8 Å². The van der Waals surface area contributed by atoms with Crippen molar-refractivity contribution in [2.75, 3.05) is 32.0 Å². The smallest absolute Gasteiger partial charge is 0.264 e. The standard InChI is InChI=1S/C31H28F3N7O3/c32-23-4-1-5-25(27(23)34)44-21-6-7-22(24(33)14-21)28-26-29(36)37-17-38-30(26)41(39-28)20-3-2-10-40(16-20)31(42)19(15-35)13-18-8-11-43-12-9-18/h1,4-7,13-14,17-18,20H,2-3,8-12,16H2,(H2,36,37,38)/t20-/m1/s1. The first-order valence-corrected chi connectivity index (χ1v) is 14.2. The molecular formula is C31H28F3N7O3. The van der Waals surface area contributed by atoms with E-state index in [4.69, 9.17) is 20.3 Å². The molecule has 13 heteroatoms. The third-order valence-electron chi connectivity index (χ3n) is 7.91. The lowest BCUT2D eigenvalue weighted by Crippen LogP contribution is -2.41. The zero-order chi connectivity index (χ0) is 30.8. The monoisotopic (exact) mass is 603 g/mol. The SMILES string of the molecule is N#CC(=CC1CCOCC1)C(=O)N1CCC[C@@H](n2nc(-c3ccc(Oc4cccc(F)c4F)cc3F)c3c(N)ncnc32)C1. The number of ether oxygens (including phenoxy) is 2. The number of nitrogens with zero attached hydrogens (tertiary/aromatic N) is 6. The summed E-state index contributed by atoms with van der Waals surface area (Å²) in [6.45, 7) is 1.94. The molecule has 44 heavy (non-hydrogen) atoms. The van der Waals surface area contributed by atoms with Crippen LogP contribution in [0.25, 0.3) is 22.3 Å². The first kappa shape index (κ1) is 29.1. The van der Waals surface area contributed by atoms with Gasteiger partial charge in [0.25, 0.3) is 5.91 Å². The average molecular weight is 604 g/mol. The highest BCUT2D eigenvalue weighted by Crippen LogP contribution is 2.37. The fourth-order valence-electron chi connectivity index (χ4n) is 5.66. The zero-order valence-electron chi connectivity index (χ0n) is 23.5. The maximum atomic E-state index is 15.5. The molecule has 2 aromatic carbocycles. The van der Waals surface area contributed by atoms with E-state index in [1.54, 1.807) is 15.7 Å². The highest BCUT2D eigenvalue weighted by atomic mass is 19.2. The minimum Gasteiger partial charge on any atom is -0.454 e. The van der Waals surface area contributed by atoms with Crippen molar-refractivity contribution in [3.05, 3.63) is 71.8 Å². The van der Waals surface area contributed by atoms with Crippen LogP contribution in [0.1, 0.15) is 31.7 Å². The lowest BCUT2D eigenvalue weighted by atomic mass is 9.96. The molecule has 2 fully saturated rings. The number of anilines is 1. The van der Waals surface area contributed by atoms with Gasteiger partial charge in [-0.1, -0.05) is 12.1 Å². The third-order valence-corrected chi connectivity index (χ3v) is 7.91. The number of hydrogen-bond donors (Lipinski definition) is 1. The van der Waals surface area contributed by atoms with Crippen molar-refractivity contribution in [1.82, 2.24) is 24.6 Å². The summed E-state index contributed by atoms with van der Waals surface area (Å²) in [5.74, 6) is -3.60. The third kappa shape index (κ3) is 5.68. The summed E-state index contributed by atoms with van der Waals surface area (Å²) in [5, 5.41) is 14.8. The Morgan fingerprint density at radius 2 is 1.93 bits per heavy atom. The number of likely N-dealkylation sites (tertiary alicyclic amines) is 1. The molecule has 226 valence electrons. The van der Waals surface area contributed by atoms with Gasteiger partial charge in [0.15, 0.2) is 17.2 Å². The molecule has 0 bridgehead atoms. The normalized spacial score (nSPS) is 17.9. The van der Waals surface area contributed by atoms with Crippen LogP contribution in [-0.2, 0) is 9.53 Å². The van der Waals surface area contributed by atoms with E-state index < -0.39 is 17.5 Å². The van der Waals surface area contributed by atoms with Crippen LogP contribution in [0.4, 0.5) is 19.0 Å². The van der Waals surface area contributed by atoms with Gasteiger partial charge in [-0.05, 0) is 55.9 Å². The number of nitriles is 1. The number of hydrogen-bond acceptors (Lipinski definition) is 8. The molecule has 0 unspecified atom stereocenters. The highest BCUT2D eigenvalue weighted by molar-refractivity contribution is 5.99. The van der Waals surface area contributed by atoms with Gasteiger partial charge >= 0.3 is 0 Å². The predicted molar refractivity (Wildman–Crippen MR) is 154 cm³/mol. The van der Waals surface area contributed by atoms with Crippen molar-refractivity contribution in [2.24, 2.45) is 5.92 Å². The number of aromatic nitrogens is 4. The van der Waals surface area contributed by atoms with E-state index >= 15 is 4.39 Å². The van der Waals surface area contributed by atoms with Gasteiger partial charge in [-0.3, -0.25) is 4.79 Å². The number of nitrogen functional groups attached to an aromatic ring is 1. The highest BCUT2D eigenvalue weighted by Gasteiger charge is 2.31. The van der Waals surface area contributed by atoms with Gasteiger partial charge in [0.1, 0.15) is 41.0 Å². The van der Waals surface area contributed by atoms with Crippen LogP contribution in [0.5, 0.6) is 11.5 Å². The van der Waals surface area contributed by atoms with Gasteiger partial charge in [0, 0.05) is 37.9 Å². The molecule has 2 aromatic heterocycles. The Morgan fingerprint density at radius 1 is 1.11 bits per heavy atom. The van der Waals surface area contributed by atoms with Gasteiger partial charge in [0.05, 0.1) is 11.4 Å². The van der Waals surface area contributed by atoms with E-state index in [-0.39, 0.29) is 58.6 Å². The molecule has 0 saturated carbocycles. The molecule has 0 aliphatic carbocycles. The molecular weight excluding hydrogens is 575 g/mol. The predicted octanol–water partition coefficient (Wildman–Crippen LogP) is 5.33. The second-order valence-corrected chi connectivity index (χ2v) is 10.7. The molecule has 0 radical (unpaired) electrons. The van der Waals surface area contributed by atoms with Crippen LogP contribution in [0.15, 0.2) is 54.4 Å². The molecule has 2 aliphatic heterocycles. The van der Waals surface area contributed by atoms with Crippen molar-refractivity contribution in [2.45, 2.75) is 31.7 Å². The van der Waals surface area contributed by atoms with Crippen LogP contribution < -0.4 is 10.5 Å². The lowest BCUT2D eigenvalue weighted by Gasteiger charge is -2.33. The Labute approximate surface area is 250 Å². The first-order chi connectivity index (χ1) is 21.3. The summed E-state index contributed by atoms with van der Waals surface area (Å²) >= 11 is 0. The van der Waals surface area contributed by atoms with Crippen LogP contribution in [0.3, 0.4) is 0 Å². The van der Waals surface area contributed by atoms with E-state index in [9.17, 15) is 18.8 Å². The molecule has 2 aliphatic rings. The number of nitrogens with two attached hydrogens (primary N) is 1. The van der Waals surface area contributed by atoms with Gasteiger partial charge in [0.2, 0.25) is 5.82 Å². The molecule has 2 saturated heterocycles. The summed E-state index contributed by atoms with van der Waals surface area (Å²) < 4.78 is 55.6. The number of rotatable bonds is 6. The van der Waals surface area contributed by atoms with E-state index in [2.05, 4.69) is 16.0 Å². The molecule has 2 N–H and O–H groups in total. The van der Waals surface area contributed by atoms with Gasteiger partial charge in [-0.15, -0.1) is 0 Å². The summed E-state index contributed by atoms with van der Waals surface area (Å²) in [7, 11) is 0. The summed E-state index contributed by atoms with van der Waals surface area (Å²) in [5.41, 5.74) is 6.95. The largest absolute Gasteiger partial charge is 0.454 e. The van der Waals surface area contributed by atoms with E-state index in [1.807, 2.05) is 0 Å². The topological polar surface area (TPSA) is 132 Å². The lowest BCUT2D eigenvalue weighted by molar-refractivity contribution is -0.128. The first-order valence-electron chi connectivity index (χ1n) is 14.2. The molecule has 1 atom stereocenters. The fraction of sp³-hybridized carbons (Fsp3) is 0.323. The van der Waals surface area contributed by atoms with Crippen LogP contribution in [0.2, 0.25) is 0 Å². The van der Waals surface area contributed by atoms with Crippen molar-refractivity contribution < 1.29 is 27.4 Å². The Kier molecular flexibility index (Phi) is 8.17. The number of halogens is 3. The number of benzene rings is 2. The molecule has 1 amide bonds. The second kappa shape index (κ2) is 12.3. The number of allylic oxidation sites excluding steroid dienone is 1. The number of carbonyl (C=O) groups is 1. The number of piperidine rings is 1. The van der Waals surface area contributed by atoms with Gasteiger partial charge < -0.3 is 20.1 Å². The molecule has 10 nitrogen and oxygen atoms in total. The van der Waals surface area contributed by atoms with Crippen LogP contribution in [0, 0.1) is 34.7 Å². The van der Waals surface area contributed by atoms with E-state index in [0.29, 0.717) is 43.6 Å². The van der Waals surface area contributed by atoms with Crippen molar-refractivity contribution in [3.63, 3.8) is 0 Å². The van der Waals surface area contributed by atoms with Crippen molar-refractivity contribution in [3.8, 4) is 28.8 Å². The number of carbonyl (C=O) groups excluding carboxylic acids is 1. The zero-order valence-corrected chi connectivity index (χ0v) is 23.5. The second-order valence-electron chi connectivity index (χ2n) is 10.7.